The number of benzene rings is 3. The number of rotatable bonds is 3. The molecule has 0 radical (unpaired) electrons. The minimum Gasteiger partial charge on any atom is -0.508 e. The number of carbonyl (C=O) groups excluding carboxylic acids is 4. The van der Waals surface area contributed by atoms with Crippen molar-refractivity contribution in [3.63, 3.8) is 0 Å². The van der Waals surface area contributed by atoms with E-state index in [9.17, 15) is 24.3 Å². The second-order valence-electron chi connectivity index (χ2n) is 11.3. The Kier molecular flexibility index (Phi) is 5.58. The highest BCUT2D eigenvalue weighted by atomic mass is 16.3. The highest BCUT2D eigenvalue weighted by Crippen LogP contribution is 2.57. The van der Waals surface area contributed by atoms with E-state index in [1.165, 1.54) is 11.0 Å². The van der Waals surface area contributed by atoms with Crippen LogP contribution in [0.5, 0.6) is 5.75 Å². The van der Waals surface area contributed by atoms with Crippen molar-refractivity contribution in [3.8, 4) is 5.75 Å². The Morgan fingerprint density at radius 2 is 1.68 bits per heavy atom. The highest BCUT2D eigenvalue weighted by Gasteiger charge is 2.57. The van der Waals surface area contributed by atoms with Crippen molar-refractivity contribution in [2.75, 3.05) is 4.90 Å². The van der Waals surface area contributed by atoms with Crippen LogP contribution in [0.1, 0.15) is 36.8 Å². The maximum absolute atomic E-state index is 14.1. The van der Waals surface area contributed by atoms with Crippen molar-refractivity contribution in [1.82, 2.24) is 0 Å². The lowest BCUT2D eigenvalue weighted by Crippen LogP contribution is -2.39. The lowest BCUT2D eigenvalue weighted by Gasteiger charge is -2.42. The number of ketones is 2. The summed E-state index contributed by atoms with van der Waals surface area (Å²) in [5.41, 5.74) is 3.84. The molecule has 4 atom stereocenters. The Labute approximate surface area is 237 Å². The molecule has 6 heteroatoms. The molecule has 0 unspecified atom stereocenters. The molecule has 6 nitrogen and oxygen atoms in total. The van der Waals surface area contributed by atoms with E-state index in [0.717, 1.165) is 21.9 Å². The van der Waals surface area contributed by atoms with E-state index in [2.05, 4.69) is 6.58 Å². The summed E-state index contributed by atoms with van der Waals surface area (Å²) in [6, 6.07) is 18.2. The largest absolute Gasteiger partial charge is 0.508 e. The quantitative estimate of drug-likeness (QED) is 0.256. The number of hydrogen-bond acceptors (Lipinski definition) is 5. The normalized spacial score (nSPS) is 25.5. The predicted octanol–water partition coefficient (Wildman–Crippen LogP) is 5.82. The van der Waals surface area contributed by atoms with Gasteiger partial charge >= 0.3 is 0 Å². The molecule has 2 amide bonds. The molecule has 1 aliphatic heterocycles. The van der Waals surface area contributed by atoms with Gasteiger partial charge in [0.2, 0.25) is 11.8 Å². The first-order chi connectivity index (χ1) is 19.8. The molecule has 3 aromatic carbocycles. The van der Waals surface area contributed by atoms with Crippen molar-refractivity contribution in [3.05, 3.63) is 113 Å². The Morgan fingerprint density at radius 1 is 0.927 bits per heavy atom. The van der Waals surface area contributed by atoms with Crippen LogP contribution in [0.25, 0.3) is 16.8 Å². The molecule has 1 heterocycles. The zero-order chi connectivity index (χ0) is 28.6. The molecule has 7 rings (SSSR count). The highest BCUT2D eigenvalue weighted by molar-refractivity contribution is 6.25. The van der Waals surface area contributed by atoms with Crippen LogP contribution in [0.4, 0.5) is 5.69 Å². The van der Waals surface area contributed by atoms with Crippen LogP contribution >= 0.6 is 0 Å². The zero-order valence-corrected chi connectivity index (χ0v) is 22.5. The summed E-state index contributed by atoms with van der Waals surface area (Å²) in [4.78, 5) is 56.2. The van der Waals surface area contributed by atoms with E-state index in [4.69, 9.17) is 0 Å². The zero-order valence-electron chi connectivity index (χ0n) is 22.5. The number of anilines is 1. The molecule has 1 fully saturated rings. The number of Topliss-reactive ketones (excluding diaryl/α,β-unsaturated/α-hetero) is 1. The smallest absolute Gasteiger partial charge is 0.238 e. The third-order valence-corrected chi connectivity index (χ3v) is 9.19. The molecule has 3 aromatic rings. The van der Waals surface area contributed by atoms with Crippen LogP contribution in [0.15, 0.2) is 102 Å². The fraction of sp³-hybridized carbons (Fsp3) is 0.200. The summed E-state index contributed by atoms with van der Waals surface area (Å²) in [5.74, 6) is -3.43. The molecule has 0 bridgehead atoms. The van der Waals surface area contributed by atoms with Crippen molar-refractivity contribution in [2.24, 2.45) is 17.8 Å². The Bertz CT molecular complexity index is 1820. The van der Waals surface area contributed by atoms with Gasteiger partial charge in [0.15, 0.2) is 11.6 Å². The topological polar surface area (TPSA) is 91.8 Å². The number of carbonyl (C=O) groups is 4. The van der Waals surface area contributed by atoms with E-state index in [-0.39, 0.29) is 35.6 Å². The molecule has 4 aliphatic rings. The van der Waals surface area contributed by atoms with Gasteiger partial charge < -0.3 is 5.11 Å². The average molecular weight is 542 g/mol. The minimum absolute atomic E-state index is 0.0218. The van der Waals surface area contributed by atoms with E-state index in [1.54, 1.807) is 31.2 Å². The number of amides is 2. The first-order valence-corrected chi connectivity index (χ1v) is 13.8. The number of fused-ring (bicyclic) bond motifs is 4. The molecule has 1 saturated heterocycles. The predicted molar refractivity (Wildman–Crippen MR) is 156 cm³/mol. The summed E-state index contributed by atoms with van der Waals surface area (Å²) < 4.78 is 0. The fourth-order valence-corrected chi connectivity index (χ4v) is 7.31. The third kappa shape index (κ3) is 3.56. The Morgan fingerprint density at radius 3 is 2.44 bits per heavy atom. The number of hydrogen-bond donors (Lipinski definition) is 1. The molecule has 202 valence electrons. The molecule has 1 N–H and O–H groups in total. The van der Waals surface area contributed by atoms with E-state index in [0.29, 0.717) is 34.4 Å². The molecular weight excluding hydrogens is 514 g/mol. The van der Waals surface area contributed by atoms with E-state index in [1.807, 2.05) is 48.5 Å². The SMILES string of the molecule is C=Cc1ccc(N2C(=O)[C@H]3[C@H](CC=C4[C@H](c5c(O)ccc6ccccc56)C5=C(C[C@H]43)C(=O)C(C)=CC5=O)C2=O)cc1. The monoisotopic (exact) mass is 541 g/mol. The second-order valence-corrected chi connectivity index (χ2v) is 11.3. The van der Waals surface area contributed by atoms with Crippen molar-refractivity contribution in [2.45, 2.75) is 25.7 Å². The Balaban J connectivity index is 1.41. The van der Waals surface area contributed by atoms with Crippen LogP contribution in [0, 0.1) is 17.8 Å². The van der Waals surface area contributed by atoms with E-state index < -0.39 is 23.7 Å². The van der Waals surface area contributed by atoms with E-state index >= 15 is 0 Å². The van der Waals surface area contributed by atoms with Crippen LogP contribution < -0.4 is 4.90 Å². The first-order valence-electron chi connectivity index (χ1n) is 13.8. The molecular formula is C35H27NO5. The number of phenols is 1. The first kappa shape index (κ1) is 25.1. The van der Waals surface area contributed by atoms with Gasteiger partial charge in [0, 0.05) is 28.2 Å². The van der Waals surface area contributed by atoms with Gasteiger partial charge in [0.05, 0.1) is 17.5 Å². The van der Waals surface area contributed by atoms with Gasteiger partial charge in [-0.3, -0.25) is 24.1 Å². The molecule has 3 aliphatic carbocycles. The van der Waals surface area contributed by atoms with Gasteiger partial charge in [-0.25, -0.2) is 0 Å². The molecule has 0 aromatic heterocycles. The van der Waals surface area contributed by atoms with Crippen LogP contribution in [0.2, 0.25) is 0 Å². The van der Waals surface area contributed by atoms with Crippen molar-refractivity contribution >= 4 is 45.9 Å². The third-order valence-electron chi connectivity index (χ3n) is 9.19. The van der Waals surface area contributed by atoms with Crippen LogP contribution in [-0.2, 0) is 19.2 Å². The fourth-order valence-electron chi connectivity index (χ4n) is 7.31. The molecule has 0 spiro atoms. The lowest BCUT2D eigenvalue weighted by molar-refractivity contribution is -0.123. The Hall–Kier alpha value is -4.84. The van der Waals surface area contributed by atoms with Crippen molar-refractivity contribution in [1.29, 1.82) is 0 Å². The summed E-state index contributed by atoms with van der Waals surface area (Å²) in [5, 5.41) is 12.9. The van der Waals surface area contributed by atoms with Crippen LogP contribution in [0.3, 0.4) is 0 Å². The van der Waals surface area contributed by atoms with Crippen LogP contribution in [-0.4, -0.2) is 28.5 Å². The number of phenolic OH excluding ortho intramolecular Hbond substituents is 1. The summed E-state index contributed by atoms with van der Waals surface area (Å²) in [6.07, 6.45) is 5.58. The average Bonchev–Trinajstić information content (AvgIpc) is 3.24. The number of aromatic hydroxyl groups is 1. The maximum Gasteiger partial charge on any atom is 0.238 e. The summed E-state index contributed by atoms with van der Waals surface area (Å²) >= 11 is 0. The van der Waals surface area contributed by atoms with Gasteiger partial charge in [-0.05, 0) is 66.3 Å². The number of nitrogens with zero attached hydrogens (tertiary/aromatic N) is 1. The van der Waals surface area contributed by atoms with Gasteiger partial charge in [-0.1, -0.05) is 66.8 Å². The van der Waals surface area contributed by atoms with Gasteiger partial charge in [-0.2, -0.15) is 0 Å². The summed E-state index contributed by atoms with van der Waals surface area (Å²) in [6.45, 7) is 5.39. The second kappa shape index (κ2) is 9.10. The van der Waals surface area contributed by atoms with Gasteiger partial charge in [-0.15, -0.1) is 0 Å². The van der Waals surface area contributed by atoms with Gasteiger partial charge in [0.25, 0.3) is 0 Å². The summed E-state index contributed by atoms with van der Waals surface area (Å²) in [7, 11) is 0. The number of imide groups is 1. The molecule has 0 saturated carbocycles. The minimum atomic E-state index is -0.708. The molecule has 41 heavy (non-hydrogen) atoms. The maximum atomic E-state index is 14.1. The lowest BCUT2D eigenvalue weighted by atomic mass is 9.59. The van der Waals surface area contributed by atoms with Crippen molar-refractivity contribution < 1.29 is 24.3 Å². The number of allylic oxidation sites excluding steroid dienone is 6. The standard InChI is InChI=1S/C35H27NO5/c1-3-19-8-11-21(12-9-19)36-34(40)24-14-13-23-25(29(24)35(36)41)17-26-31(28(38)16-18(2)33(26)39)32(23)30-22-7-5-4-6-20(22)10-15-27(30)37/h3-13,15-16,24-25,29,32,37H,1,14,17H2,2H3/t24-,25+,29-,32+/m0/s1. The van der Waals surface area contributed by atoms with Gasteiger partial charge in [0.1, 0.15) is 5.75 Å².